The molecule has 132 valence electrons. The summed E-state index contributed by atoms with van der Waals surface area (Å²) in [6, 6.07) is 3.04. The quantitative estimate of drug-likeness (QED) is 0.859. The van der Waals surface area contributed by atoms with Crippen LogP contribution < -0.4 is 9.64 Å². The minimum Gasteiger partial charge on any atom is -0.422 e. The summed E-state index contributed by atoms with van der Waals surface area (Å²) in [6.07, 6.45) is -3.57. The molecule has 1 aromatic carbocycles. The molecule has 5 nitrogen and oxygen atoms in total. The maximum atomic E-state index is 14.0. The Labute approximate surface area is 139 Å². The van der Waals surface area contributed by atoms with E-state index in [9.17, 15) is 27.5 Å². The zero-order valence-electron chi connectivity index (χ0n) is 12.8. The molecular weight excluding hydrogens is 344 g/mol. The highest BCUT2D eigenvalue weighted by Crippen LogP contribution is 2.45. The fraction of sp³-hybridized carbons (Fsp3) is 0.250. The first-order valence-electron chi connectivity index (χ1n) is 7.19. The molecule has 9 heteroatoms. The van der Waals surface area contributed by atoms with E-state index in [4.69, 9.17) is 0 Å². The zero-order valence-corrected chi connectivity index (χ0v) is 12.8. The lowest BCUT2D eigenvalue weighted by Gasteiger charge is -2.35. The SMILES string of the molecule is C[C@@H](O)c1c(F)ccc2c1OC(F)(F)C(=O)N2Cc1cncc(F)c1. The molecule has 0 saturated heterocycles. The van der Waals surface area contributed by atoms with Crippen molar-refractivity contribution in [2.75, 3.05) is 4.90 Å². The van der Waals surface area contributed by atoms with Crippen molar-refractivity contribution in [1.82, 2.24) is 4.98 Å². The summed E-state index contributed by atoms with van der Waals surface area (Å²) >= 11 is 0. The van der Waals surface area contributed by atoms with Crippen LogP contribution in [0.4, 0.5) is 23.2 Å². The van der Waals surface area contributed by atoms with Crippen molar-refractivity contribution in [3.8, 4) is 5.75 Å². The number of nitrogens with zero attached hydrogens (tertiary/aromatic N) is 2. The summed E-state index contributed by atoms with van der Waals surface area (Å²) in [5, 5.41) is 9.68. The van der Waals surface area contributed by atoms with Crippen molar-refractivity contribution in [3.63, 3.8) is 0 Å². The first kappa shape index (κ1) is 17.2. The third kappa shape index (κ3) is 3.02. The minimum absolute atomic E-state index is 0.153. The number of rotatable bonds is 3. The average molecular weight is 356 g/mol. The van der Waals surface area contributed by atoms with Crippen molar-refractivity contribution in [2.24, 2.45) is 0 Å². The van der Waals surface area contributed by atoms with Gasteiger partial charge in [0.2, 0.25) is 0 Å². The molecule has 0 fully saturated rings. The Hall–Kier alpha value is -2.68. The first-order valence-corrected chi connectivity index (χ1v) is 7.19. The number of anilines is 1. The van der Waals surface area contributed by atoms with E-state index in [-0.39, 0.29) is 11.3 Å². The van der Waals surface area contributed by atoms with Crippen LogP contribution in [0.5, 0.6) is 5.75 Å². The van der Waals surface area contributed by atoms with Gasteiger partial charge in [-0.25, -0.2) is 8.78 Å². The van der Waals surface area contributed by atoms with E-state index in [0.717, 1.165) is 24.4 Å². The van der Waals surface area contributed by atoms with Crippen LogP contribution in [0.1, 0.15) is 24.2 Å². The average Bonchev–Trinajstić information content (AvgIpc) is 2.51. The van der Waals surface area contributed by atoms with Gasteiger partial charge in [0.1, 0.15) is 11.6 Å². The standard InChI is InChI=1S/C16H12F4N2O3/c1-8(23)13-11(18)2-3-12-14(13)25-16(19,20)15(24)22(12)7-9-4-10(17)6-21-5-9/h2-6,8,23H,7H2,1H3/t8-/m1/s1. The van der Waals surface area contributed by atoms with Crippen LogP contribution in [0.15, 0.2) is 30.6 Å². The summed E-state index contributed by atoms with van der Waals surface area (Å²) < 4.78 is 59.5. The van der Waals surface area contributed by atoms with E-state index < -0.39 is 47.6 Å². The molecule has 1 atom stereocenters. The molecule has 0 bridgehead atoms. The summed E-state index contributed by atoms with van der Waals surface area (Å²) in [6.45, 7) is 0.748. The number of carbonyl (C=O) groups excluding carboxylic acids is 1. The third-order valence-electron chi connectivity index (χ3n) is 3.66. The number of fused-ring (bicyclic) bond motifs is 1. The van der Waals surface area contributed by atoms with Crippen molar-refractivity contribution in [1.29, 1.82) is 0 Å². The summed E-state index contributed by atoms with van der Waals surface area (Å²) in [5.74, 6) is -3.98. The van der Waals surface area contributed by atoms with Gasteiger partial charge in [-0.05, 0) is 30.7 Å². The van der Waals surface area contributed by atoms with Gasteiger partial charge in [0.05, 0.1) is 30.1 Å². The minimum atomic E-state index is -4.26. The molecule has 2 heterocycles. The molecule has 2 aromatic rings. The predicted molar refractivity (Wildman–Crippen MR) is 78.0 cm³/mol. The number of halogens is 4. The number of carbonyl (C=O) groups is 1. The lowest BCUT2D eigenvalue weighted by Crippen LogP contribution is -2.50. The summed E-state index contributed by atoms with van der Waals surface area (Å²) in [4.78, 5) is 16.3. The highest BCUT2D eigenvalue weighted by Gasteiger charge is 2.51. The normalized spacial score (nSPS) is 17.0. The highest BCUT2D eigenvalue weighted by molar-refractivity contribution is 6.01. The molecule has 0 radical (unpaired) electrons. The van der Waals surface area contributed by atoms with E-state index >= 15 is 0 Å². The van der Waals surface area contributed by atoms with Crippen molar-refractivity contribution in [2.45, 2.75) is 25.7 Å². The number of amides is 1. The lowest BCUT2D eigenvalue weighted by atomic mass is 10.0. The van der Waals surface area contributed by atoms with Gasteiger partial charge >= 0.3 is 12.0 Å². The van der Waals surface area contributed by atoms with Gasteiger partial charge in [-0.3, -0.25) is 14.7 Å². The second-order valence-electron chi connectivity index (χ2n) is 5.51. The first-order chi connectivity index (χ1) is 11.7. The Morgan fingerprint density at radius 3 is 2.68 bits per heavy atom. The fourth-order valence-corrected chi connectivity index (χ4v) is 2.59. The lowest BCUT2D eigenvalue weighted by molar-refractivity contribution is -0.193. The number of alkyl halides is 2. The Morgan fingerprint density at radius 1 is 1.32 bits per heavy atom. The van der Waals surface area contributed by atoms with Crippen LogP contribution in [0.2, 0.25) is 0 Å². The van der Waals surface area contributed by atoms with Gasteiger partial charge in [-0.15, -0.1) is 0 Å². The number of ether oxygens (including phenoxy) is 1. The van der Waals surface area contributed by atoms with Crippen LogP contribution in [0.25, 0.3) is 0 Å². The van der Waals surface area contributed by atoms with Crippen molar-refractivity contribution < 1.29 is 32.2 Å². The topological polar surface area (TPSA) is 62.7 Å². The van der Waals surface area contributed by atoms with Crippen molar-refractivity contribution in [3.05, 3.63) is 53.4 Å². The number of aromatic nitrogens is 1. The van der Waals surface area contributed by atoms with E-state index in [1.54, 1.807) is 0 Å². The van der Waals surface area contributed by atoms with Gasteiger partial charge in [0.15, 0.2) is 5.75 Å². The smallest absolute Gasteiger partial charge is 0.422 e. The number of aliphatic hydroxyl groups excluding tert-OH is 1. The Kier molecular flexibility index (Phi) is 4.11. The van der Waals surface area contributed by atoms with Gasteiger partial charge in [-0.2, -0.15) is 8.78 Å². The Bertz CT molecular complexity index is 842. The molecule has 0 aliphatic carbocycles. The number of hydrogen-bond donors (Lipinski definition) is 1. The molecule has 0 saturated carbocycles. The van der Waals surface area contributed by atoms with Crippen LogP contribution in [-0.4, -0.2) is 22.1 Å². The molecule has 1 N–H and O–H groups in total. The number of benzene rings is 1. The number of aliphatic hydroxyl groups is 1. The van der Waals surface area contributed by atoms with Gasteiger partial charge in [-0.1, -0.05) is 0 Å². The highest BCUT2D eigenvalue weighted by atomic mass is 19.3. The van der Waals surface area contributed by atoms with Crippen molar-refractivity contribution >= 4 is 11.6 Å². The number of hydrogen-bond acceptors (Lipinski definition) is 4. The van der Waals surface area contributed by atoms with Crippen LogP contribution in [0, 0.1) is 11.6 Å². The van der Waals surface area contributed by atoms with E-state index in [0.29, 0.717) is 4.90 Å². The van der Waals surface area contributed by atoms with Gasteiger partial charge in [0, 0.05) is 6.20 Å². The molecular formula is C16H12F4N2O3. The van der Waals surface area contributed by atoms with Crippen LogP contribution >= 0.6 is 0 Å². The van der Waals surface area contributed by atoms with E-state index in [2.05, 4.69) is 9.72 Å². The Balaban J connectivity index is 2.13. The van der Waals surface area contributed by atoms with Crippen LogP contribution in [-0.2, 0) is 11.3 Å². The molecule has 0 unspecified atom stereocenters. The third-order valence-corrected chi connectivity index (χ3v) is 3.66. The van der Waals surface area contributed by atoms with Gasteiger partial charge in [0.25, 0.3) is 0 Å². The number of pyridine rings is 1. The maximum absolute atomic E-state index is 14.0. The maximum Gasteiger partial charge on any atom is 0.483 e. The second-order valence-corrected chi connectivity index (χ2v) is 5.51. The van der Waals surface area contributed by atoms with Gasteiger partial charge < -0.3 is 9.84 Å². The van der Waals surface area contributed by atoms with Crippen LogP contribution in [0.3, 0.4) is 0 Å². The molecule has 0 spiro atoms. The largest absolute Gasteiger partial charge is 0.483 e. The fourth-order valence-electron chi connectivity index (χ4n) is 2.59. The molecule has 1 amide bonds. The van der Waals surface area contributed by atoms with E-state index in [1.807, 2.05) is 0 Å². The predicted octanol–water partition coefficient (Wildman–Crippen LogP) is 2.93. The molecule has 1 aromatic heterocycles. The molecule has 1 aliphatic heterocycles. The summed E-state index contributed by atoms with van der Waals surface area (Å²) in [7, 11) is 0. The zero-order chi connectivity index (χ0) is 18.4. The Morgan fingerprint density at radius 2 is 2.04 bits per heavy atom. The second kappa shape index (κ2) is 5.99. The summed E-state index contributed by atoms with van der Waals surface area (Å²) in [5.41, 5.74) is -0.496. The molecule has 3 rings (SSSR count). The monoisotopic (exact) mass is 356 g/mol. The molecule has 1 aliphatic rings. The molecule has 25 heavy (non-hydrogen) atoms. The van der Waals surface area contributed by atoms with E-state index in [1.165, 1.54) is 13.1 Å².